The van der Waals surface area contributed by atoms with Gasteiger partial charge in [0.15, 0.2) is 0 Å². The summed E-state index contributed by atoms with van der Waals surface area (Å²) >= 11 is 0. The lowest BCUT2D eigenvalue weighted by molar-refractivity contribution is 0.214. The summed E-state index contributed by atoms with van der Waals surface area (Å²) in [4.78, 5) is 0. The van der Waals surface area contributed by atoms with Crippen LogP contribution in [0.15, 0.2) is 30.0 Å². The number of halogens is 2. The molecule has 17 heavy (non-hydrogen) atoms. The van der Waals surface area contributed by atoms with Crippen LogP contribution in [-0.4, -0.2) is 13.2 Å². The molecular formula is C13H15F2NO. The highest BCUT2D eigenvalue weighted by Crippen LogP contribution is 2.28. The summed E-state index contributed by atoms with van der Waals surface area (Å²) in [5.74, 6) is -0.187. The predicted molar refractivity (Wildman–Crippen MR) is 61.4 cm³/mol. The van der Waals surface area contributed by atoms with Gasteiger partial charge in [0, 0.05) is 12.0 Å². The Bertz CT molecular complexity index is 431. The smallest absolute Gasteiger partial charge is 0.128 e. The highest BCUT2D eigenvalue weighted by Gasteiger charge is 2.23. The van der Waals surface area contributed by atoms with Gasteiger partial charge in [0.05, 0.1) is 12.6 Å². The molecule has 1 aromatic carbocycles. The van der Waals surface area contributed by atoms with Crippen molar-refractivity contribution in [3.8, 4) is 0 Å². The lowest BCUT2D eigenvalue weighted by atomic mass is 10.0. The van der Waals surface area contributed by atoms with E-state index in [0.717, 1.165) is 18.6 Å². The first kappa shape index (κ1) is 12.0. The third-order valence-electron chi connectivity index (χ3n) is 2.69. The quantitative estimate of drug-likeness (QED) is 0.872. The summed E-state index contributed by atoms with van der Waals surface area (Å²) in [5, 5.41) is 3.11. The Balaban J connectivity index is 2.34. The van der Waals surface area contributed by atoms with Crippen LogP contribution in [0.2, 0.25) is 0 Å². The van der Waals surface area contributed by atoms with E-state index in [1.165, 1.54) is 6.07 Å². The van der Waals surface area contributed by atoms with Gasteiger partial charge in [0.25, 0.3) is 0 Å². The largest absolute Gasteiger partial charge is 0.496 e. The molecule has 4 heteroatoms. The number of likely N-dealkylation sites (N-methyl/N-ethyl adjacent to an activating group) is 1. The van der Waals surface area contributed by atoms with Gasteiger partial charge in [0.2, 0.25) is 0 Å². The molecule has 0 amide bonds. The zero-order valence-corrected chi connectivity index (χ0v) is 9.67. The lowest BCUT2D eigenvalue weighted by Crippen LogP contribution is -2.24. The van der Waals surface area contributed by atoms with Crippen LogP contribution in [-0.2, 0) is 4.74 Å². The molecule has 0 spiro atoms. The highest BCUT2D eigenvalue weighted by atomic mass is 19.1. The predicted octanol–water partition coefficient (Wildman–Crippen LogP) is 2.92. The molecule has 92 valence electrons. The zero-order chi connectivity index (χ0) is 12.3. The molecule has 1 aliphatic heterocycles. The van der Waals surface area contributed by atoms with Crippen LogP contribution in [0.3, 0.4) is 0 Å². The number of hydrogen-bond acceptors (Lipinski definition) is 2. The maximum absolute atomic E-state index is 13.7. The Kier molecular flexibility index (Phi) is 3.74. The fraction of sp³-hybridized carbons (Fsp3) is 0.385. The molecule has 0 radical (unpaired) electrons. The number of ether oxygens (including phenoxy) is 1. The topological polar surface area (TPSA) is 21.3 Å². The van der Waals surface area contributed by atoms with Crippen molar-refractivity contribution >= 4 is 0 Å². The van der Waals surface area contributed by atoms with Gasteiger partial charge < -0.3 is 10.1 Å². The molecule has 2 nitrogen and oxygen atoms in total. The van der Waals surface area contributed by atoms with E-state index in [9.17, 15) is 8.78 Å². The van der Waals surface area contributed by atoms with Crippen LogP contribution in [0.5, 0.6) is 0 Å². The Labute approximate surface area is 99.3 Å². The monoisotopic (exact) mass is 239 g/mol. The van der Waals surface area contributed by atoms with Crippen molar-refractivity contribution in [1.82, 2.24) is 5.32 Å². The Hall–Kier alpha value is -1.42. The van der Waals surface area contributed by atoms with Crippen molar-refractivity contribution in [2.24, 2.45) is 0 Å². The van der Waals surface area contributed by atoms with E-state index in [-0.39, 0.29) is 0 Å². The fourth-order valence-corrected chi connectivity index (χ4v) is 1.94. The molecule has 0 aliphatic carbocycles. The van der Waals surface area contributed by atoms with E-state index in [0.29, 0.717) is 24.5 Å². The van der Waals surface area contributed by atoms with Gasteiger partial charge in [-0.25, -0.2) is 8.78 Å². The SMILES string of the molecule is CCNC(C1=CCCO1)c1cc(F)ccc1F. The molecule has 1 heterocycles. The van der Waals surface area contributed by atoms with Crippen molar-refractivity contribution in [2.75, 3.05) is 13.2 Å². The molecule has 1 atom stereocenters. The summed E-state index contributed by atoms with van der Waals surface area (Å²) in [6.45, 7) is 3.18. The molecule has 0 fully saturated rings. The van der Waals surface area contributed by atoms with Crippen LogP contribution in [0, 0.1) is 11.6 Å². The van der Waals surface area contributed by atoms with Crippen LogP contribution < -0.4 is 5.32 Å². The highest BCUT2D eigenvalue weighted by molar-refractivity contribution is 5.29. The van der Waals surface area contributed by atoms with Crippen LogP contribution in [0.1, 0.15) is 24.9 Å². The van der Waals surface area contributed by atoms with E-state index in [1.807, 2.05) is 13.0 Å². The molecule has 0 saturated carbocycles. The minimum absolute atomic E-state index is 0.292. The normalized spacial score (nSPS) is 16.5. The van der Waals surface area contributed by atoms with Gasteiger partial charge in [0.1, 0.15) is 17.4 Å². The molecule has 1 aromatic rings. The second kappa shape index (κ2) is 5.27. The van der Waals surface area contributed by atoms with Gasteiger partial charge in [-0.05, 0) is 30.8 Å². The zero-order valence-electron chi connectivity index (χ0n) is 9.67. The standard InChI is InChI=1S/C13H15F2NO/c1-2-16-13(12-4-3-7-17-12)10-8-9(14)5-6-11(10)15/h4-6,8,13,16H,2-3,7H2,1H3. The maximum atomic E-state index is 13.7. The first-order valence-electron chi connectivity index (χ1n) is 5.73. The maximum Gasteiger partial charge on any atom is 0.128 e. The minimum Gasteiger partial charge on any atom is -0.496 e. The number of nitrogens with one attached hydrogen (secondary N) is 1. The van der Waals surface area contributed by atoms with E-state index in [2.05, 4.69) is 5.32 Å². The van der Waals surface area contributed by atoms with Crippen LogP contribution in [0.4, 0.5) is 8.78 Å². The number of rotatable bonds is 4. The molecule has 0 bridgehead atoms. The van der Waals surface area contributed by atoms with Gasteiger partial charge in [-0.2, -0.15) is 0 Å². The van der Waals surface area contributed by atoms with Crippen molar-refractivity contribution in [1.29, 1.82) is 0 Å². The number of hydrogen-bond donors (Lipinski definition) is 1. The Morgan fingerprint density at radius 2 is 2.24 bits per heavy atom. The van der Waals surface area contributed by atoms with Crippen molar-refractivity contribution in [3.63, 3.8) is 0 Å². The van der Waals surface area contributed by atoms with E-state index in [1.54, 1.807) is 0 Å². The van der Waals surface area contributed by atoms with E-state index >= 15 is 0 Å². The lowest BCUT2D eigenvalue weighted by Gasteiger charge is -2.20. The summed E-state index contributed by atoms with van der Waals surface area (Å²) in [6.07, 6.45) is 2.73. The van der Waals surface area contributed by atoms with Crippen LogP contribution >= 0.6 is 0 Å². The van der Waals surface area contributed by atoms with E-state index in [4.69, 9.17) is 4.74 Å². The summed E-state index contributed by atoms with van der Waals surface area (Å²) < 4.78 is 32.3. The van der Waals surface area contributed by atoms with Crippen molar-refractivity contribution in [3.05, 3.63) is 47.2 Å². The minimum atomic E-state index is -0.442. The van der Waals surface area contributed by atoms with Gasteiger partial charge in [-0.15, -0.1) is 0 Å². The molecule has 0 aromatic heterocycles. The fourth-order valence-electron chi connectivity index (χ4n) is 1.94. The third kappa shape index (κ3) is 2.64. The van der Waals surface area contributed by atoms with Gasteiger partial charge in [-0.1, -0.05) is 6.92 Å². The molecule has 1 N–H and O–H groups in total. The van der Waals surface area contributed by atoms with Crippen LogP contribution in [0.25, 0.3) is 0 Å². The first-order valence-corrected chi connectivity index (χ1v) is 5.73. The second-order valence-electron chi connectivity index (χ2n) is 3.90. The summed E-state index contributed by atoms with van der Waals surface area (Å²) in [5.41, 5.74) is 0.292. The average molecular weight is 239 g/mol. The molecule has 1 unspecified atom stereocenters. The third-order valence-corrected chi connectivity index (χ3v) is 2.69. The molecular weight excluding hydrogens is 224 g/mol. The van der Waals surface area contributed by atoms with Crippen molar-refractivity contribution < 1.29 is 13.5 Å². The van der Waals surface area contributed by atoms with Gasteiger partial charge >= 0.3 is 0 Å². The molecule has 0 saturated heterocycles. The average Bonchev–Trinajstić information content (AvgIpc) is 2.83. The second-order valence-corrected chi connectivity index (χ2v) is 3.90. The van der Waals surface area contributed by atoms with E-state index < -0.39 is 17.7 Å². The summed E-state index contributed by atoms with van der Waals surface area (Å²) in [7, 11) is 0. The molecule has 2 rings (SSSR count). The summed E-state index contributed by atoms with van der Waals surface area (Å²) in [6, 6.07) is 3.07. The Morgan fingerprint density at radius 3 is 2.88 bits per heavy atom. The first-order chi connectivity index (χ1) is 8.22. The molecule has 1 aliphatic rings. The number of benzene rings is 1. The Morgan fingerprint density at radius 1 is 1.41 bits per heavy atom. The van der Waals surface area contributed by atoms with Gasteiger partial charge in [-0.3, -0.25) is 0 Å². The van der Waals surface area contributed by atoms with Crippen molar-refractivity contribution in [2.45, 2.75) is 19.4 Å².